The molecule has 0 aliphatic carbocycles. The molecule has 0 amide bonds. The van der Waals surface area contributed by atoms with Gasteiger partial charge >= 0.3 is 0 Å². The van der Waals surface area contributed by atoms with Crippen LogP contribution in [-0.4, -0.2) is 33.4 Å². The minimum Gasteiger partial charge on any atom is -0.399 e. The van der Waals surface area contributed by atoms with Crippen LogP contribution in [0.15, 0.2) is 18.2 Å². The Morgan fingerprint density at radius 3 is 2.90 bits per heavy atom. The Kier molecular flexibility index (Phi) is 5.21. The Bertz CT molecular complexity index is 584. The molecule has 2 aromatic rings. The van der Waals surface area contributed by atoms with Crippen LogP contribution in [0.2, 0.25) is 0 Å². The number of tetrazole rings is 1. The fraction of sp³-hybridized carbons (Fsp3) is 0.500. The standard InChI is InChI=1S/C14H20FN5O/c1-10(2)9-21-7-3-6-20-14(17-18-19-20)12-5-4-11(16)8-13(12)15/h4-5,8,10H,3,6-7,9,16H2,1-2H3. The maximum absolute atomic E-state index is 13.9. The maximum atomic E-state index is 13.9. The molecular weight excluding hydrogens is 273 g/mol. The maximum Gasteiger partial charge on any atom is 0.184 e. The Hall–Kier alpha value is -2.02. The van der Waals surface area contributed by atoms with Crippen LogP contribution in [0, 0.1) is 11.7 Å². The van der Waals surface area contributed by atoms with Gasteiger partial charge < -0.3 is 10.5 Å². The van der Waals surface area contributed by atoms with Gasteiger partial charge in [0.05, 0.1) is 5.56 Å². The Labute approximate surface area is 123 Å². The second kappa shape index (κ2) is 7.12. The Morgan fingerprint density at radius 2 is 2.19 bits per heavy atom. The lowest BCUT2D eigenvalue weighted by atomic mass is 10.2. The molecule has 0 saturated heterocycles. The van der Waals surface area contributed by atoms with Crippen LogP contribution in [0.4, 0.5) is 10.1 Å². The third-order valence-corrected chi connectivity index (χ3v) is 2.88. The number of ether oxygens (including phenoxy) is 1. The first kappa shape index (κ1) is 15.4. The van der Waals surface area contributed by atoms with E-state index < -0.39 is 5.82 Å². The van der Waals surface area contributed by atoms with Crippen LogP contribution in [0.25, 0.3) is 11.4 Å². The first-order valence-corrected chi connectivity index (χ1v) is 6.97. The van der Waals surface area contributed by atoms with Crippen molar-refractivity contribution in [1.29, 1.82) is 0 Å². The van der Waals surface area contributed by atoms with Gasteiger partial charge in [0.2, 0.25) is 0 Å². The minimum atomic E-state index is -0.429. The Morgan fingerprint density at radius 1 is 1.38 bits per heavy atom. The summed E-state index contributed by atoms with van der Waals surface area (Å²) < 4.78 is 21.0. The summed E-state index contributed by atoms with van der Waals surface area (Å²) in [5.74, 6) is 0.482. The molecule has 0 aliphatic rings. The van der Waals surface area contributed by atoms with Crippen LogP contribution in [0.1, 0.15) is 20.3 Å². The van der Waals surface area contributed by atoms with E-state index in [1.54, 1.807) is 16.8 Å². The average molecular weight is 293 g/mol. The van der Waals surface area contributed by atoms with E-state index in [1.165, 1.54) is 6.07 Å². The van der Waals surface area contributed by atoms with E-state index >= 15 is 0 Å². The molecule has 0 radical (unpaired) electrons. The summed E-state index contributed by atoms with van der Waals surface area (Å²) in [4.78, 5) is 0. The zero-order chi connectivity index (χ0) is 15.2. The van der Waals surface area contributed by atoms with Crippen LogP contribution < -0.4 is 5.73 Å². The highest BCUT2D eigenvalue weighted by Gasteiger charge is 2.13. The number of hydrogen-bond acceptors (Lipinski definition) is 5. The number of aryl methyl sites for hydroxylation is 1. The zero-order valence-electron chi connectivity index (χ0n) is 12.3. The Balaban J connectivity index is 1.98. The quantitative estimate of drug-likeness (QED) is 0.625. The average Bonchev–Trinajstić information content (AvgIpc) is 2.86. The predicted molar refractivity (Wildman–Crippen MR) is 77.9 cm³/mol. The summed E-state index contributed by atoms with van der Waals surface area (Å²) in [6.07, 6.45) is 0.765. The molecule has 1 aromatic carbocycles. The monoisotopic (exact) mass is 293 g/mol. The summed E-state index contributed by atoms with van der Waals surface area (Å²) in [5, 5.41) is 11.4. The molecule has 2 rings (SSSR count). The van der Waals surface area contributed by atoms with E-state index in [-0.39, 0.29) is 0 Å². The van der Waals surface area contributed by atoms with E-state index in [0.29, 0.717) is 36.1 Å². The van der Waals surface area contributed by atoms with Crippen LogP contribution in [0.3, 0.4) is 0 Å². The van der Waals surface area contributed by atoms with Crippen molar-refractivity contribution >= 4 is 5.69 Å². The summed E-state index contributed by atoms with van der Waals surface area (Å²) in [6.45, 7) is 6.13. The highest BCUT2D eigenvalue weighted by molar-refractivity contribution is 5.59. The van der Waals surface area contributed by atoms with Gasteiger partial charge in [-0.15, -0.1) is 5.10 Å². The fourth-order valence-electron chi connectivity index (χ4n) is 1.90. The molecule has 0 fully saturated rings. The molecule has 0 saturated carbocycles. The van der Waals surface area contributed by atoms with Crippen molar-refractivity contribution < 1.29 is 9.13 Å². The zero-order valence-corrected chi connectivity index (χ0v) is 12.3. The molecule has 0 aliphatic heterocycles. The van der Waals surface area contributed by atoms with E-state index in [4.69, 9.17) is 10.5 Å². The third kappa shape index (κ3) is 4.22. The molecular formula is C14H20FN5O. The topological polar surface area (TPSA) is 78.8 Å². The minimum absolute atomic E-state index is 0.345. The summed E-state index contributed by atoms with van der Waals surface area (Å²) in [6, 6.07) is 4.48. The van der Waals surface area contributed by atoms with Crippen LogP contribution in [0.5, 0.6) is 0 Å². The normalized spacial score (nSPS) is 11.2. The summed E-state index contributed by atoms with van der Waals surface area (Å²) >= 11 is 0. The number of nitrogen functional groups attached to an aromatic ring is 1. The van der Waals surface area contributed by atoms with Crippen LogP contribution in [-0.2, 0) is 11.3 Å². The van der Waals surface area contributed by atoms with Gasteiger partial charge in [0, 0.05) is 25.4 Å². The molecule has 7 heteroatoms. The molecule has 0 spiro atoms. The largest absolute Gasteiger partial charge is 0.399 e. The number of halogens is 1. The van der Waals surface area contributed by atoms with E-state index in [2.05, 4.69) is 29.4 Å². The molecule has 0 bridgehead atoms. The van der Waals surface area contributed by atoms with Gasteiger partial charge in [-0.2, -0.15) is 0 Å². The molecule has 6 nitrogen and oxygen atoms in total. The number of aromatic nitrogens is 4. The van der Waals surface area contributed by atoms with E-state index in [1.807, 2.05) is 0 Å². The highest BCUT2D eigenvalue weighted by Crippen LogP contribution is 2.21. The summed E-state index contributed by atoms with van der Waals surface area (Å²) in [5.41, 5.74) is 6.26. The molecule has 0 atom stereocenters. The lowest BCUT2D eigenvalue weighted by Gasteiger charge is -2.08. The molecule has 0 unspecified atom stereocenters. The molecule has 114 valence electrons. The van der Waals surface area contributed by atoms with Crippen LogP contribution >= 0.6 is 0 Å². The SMILES string of the molecule is CC(C)COCCCn1nnnc1-c1ccc(N)cc1F. The van der Waals surface area contributed by atoms with Crippen molar-refractivity contribution in [2.45, 2.75) is 26.8 Å². The van der Waals surface area contributed by atoms with E-state index in [9.17, 15) is 4.39 Å². The number of anilines is 1. The number of nitrogens with zero attached hydrogens (tertiary/aromatic N) is 4. The number of nitrogens with two attached hydrogens (primary N) is 1. The van der Waals surface area contributed by atoms with Crippen molar-refractivity contribution in [1.82, 2.24) is 20.2 Å². The lowest BCUT2D eigenvalue weighted by Crippen LogP contribution is -2.09. The van der Waals surface area contributed by atoms with Crippen molar-refractivity contribution in [3.63, 3.8) is 0 Å². The van der Waals surface area contributed by atoms with Crippen molar-refractivity contribution in [2.75, 3.05) is 18.9 Å². The highest BCUT2D eigenvalue weighted by atomic mass is 19.1. The number of hydrogen-bond donors (Lipinski definition) is 1. The van der Waals surface area contributed by atoms with Gasteiger partial charge in [-0.05, 0) is 41.0 Å². The van der Waals surface area contributed by atoms with Gasteiger partial charge in [0.1, 0.15) is 5.82 Å². The van der Waals surface area contributed by atoms with Crippen molar-refractivity contribution in [3.05, 3.63) is 24.0 Å². The smallest absolute Gasteiger partial charge is 0.184 e. The predicted octanol–water partition coefficient (Wildman–Crippen LogP) is 2.12. The molecule has 1 heterocycles. The molecule has 2 N–H and O–H groups in total. The van der Waals surface area contributed by atoms with Gasteiger partial charge in [0.15, 0.2) is 5.82 Å². The summed E-state index contributed by atoms with van der Waals surface area (Å²) in [7, 11) is 0. The fourth-order valence-corrected chi connectivity index (χ4v) is 1.90. The molecule has 21 heavy (non-hydrogen) atoms. The second-order valence-corrected chi connectivity index (χ2v) is 5.29. The van der Waals surface area contributed by atoms with Gasteiger partial charge in [0.25, 0.3) is 0 Å². The number of benzene rings is 1. The first-order chi connectivity index (χ1) is 10.1. The van der Waals surface area contributed by atoms with Crippen molar-refractivity contribution in [3.8, 4) is 11.4 Å². The number of rotatable bonds is 7. The second-order valence-electron chi connectivity index (χ2n) is 5.29. The molecule has 1 aromatic heterocycles. The lowest BCUT2D eigenvalue weighted by molar-refractivity contribution is 0.105. The van der Waals surface area contributed by atoms with Gasteiger partial charge in [-0.25, -0.2) is 9.07 Å². The van der Waals surface area contributed by atoms with E-state index in [0.717, 1.165) is 13.0 Å². The first-order valence-electron chi connectivity index (χ1n) is 6.97. The third-order valence-electron chi connectivity index (χ3n) is 2.88. The van der Waals surface area contributed by atoms with Gasteiger partial charge in [-0.3, -0.25) is 0 Å². The van der Waals surface area contributed by atoms with Crippen molar-refractivity contribution in [2.24, 2.45) is 5.92 Å². The van der Waals surface area contributed by atoms with Gasteiger partial charge in [-0.1, -0.05) is 13.8 Å².